The fourth-order valence-electron chi connectivity index (χ4n) is 3.96. The highest BCUT2D eigenvalue weighted by Gasteiger charge is 2.44. The summed E-state index contributed by atoms with van der Waals surface area (Å²) in [6.07, 6.45) is -2.75. The van der Waals surface area contributed by atoms with Gasteiger partial charge in [-0.2, -0.15) is 13.6 Å². The first-order valence-electron chi connectivity index (χ1n) is 12.8. The molecule has 1 aliphatic heterocycles. The van der Waals surface area contributed by atoms with Crippen LogP contribution in [0.1, 0.15) is 54.6 Å². The number of nitrogens with one attached hydrogen (secondary N) is 1. The fourth-order valence-corrected chi connectivity index (χ4v) is 8.97. The molecule has 2 aromatic rings. The minimum atomic E-state index is -5.79. The Kier molecular flexibility index (Phi) is 13.2. The maximum Gasteiger partial charge on any atom is 0.490 e. The first-order chi connectivity index (χ1) is 20.9. The molecule has 2 heterocycles. The van der Waals surface area contributed by atoms with Crippen LogP contribution in [0.15, 0.2) is 41.3 Å². The van der Waals surface area contributed by atoms with E-state index in [1.165, 1.54) is 19.2 Å². The van der Waals surface area contributed by atoms with E-state index in [-0.39, 0.29) is 23.1 Å². The molecule has 1 aromatic carbocycles. The van der Waals surface area contributed by atoms with Gasteiger partial charge in [-0.15, -0.1) is 0 Å². The maximum atomic E-state index is 13.4. The van der Waals surface area contributed by atoms with Crippen molar-refractivity contribution in [1.82, 2.24) is 9.55 Å². The monoisotopic (exact) mass is 733 g/mol. The molecule has 0 aliphatic carbocycles. The zero-order valence-electron chi connectivity index (χ0n) is 23.7. The SMILES string of the molecule is CCSSC(C)c1ccccc1C(=O)O[C@@H]1C[C@H](n2ccc(NC(C)=O)nc2=O)OC1COP(=O)(O)OP(=O)(O)OP(=O)(O)O. The summed E-state index contributed by atoms with van der Waals surface area (Å²) >= 11 is 0. The number of anilines is 1. The van der Waals surface area contributed by atoms with Gasteiger partial charge in [-0.3, -0.25) is 13.9 Å². The van der Waals surface area contributed by atoms with Crippen LogP contribution < -0.4 is 11.0 Å². The van der Waals surface area contributed by atoms with E-state index in [0.717, 1.165) is 10.3 Å². The molecule has 23 heteroatoms. The summed E-state index contributed by atoms with van der Waals surface area (Å²) in [5, 5.41) is 2.24. The van der Waals surface area contributed by atoms with Crippen LogP contribution in [0.3, 0.4) is 0 Å². The standard InChI is InChI=1S/C22H30N3O15P3S2/c1-4-44-45-13(2)15-7-5-6-8-16(15)21(27)38-17-11-20(25-10-9-19(23-14(3)26)24-22(25)28)37-18(17)12-36-42(32,33)40-43(34,35)39-41(29,30)31/h5-10,13,17-18,20H,4,11-12H2,1-3H3,(H,32,33)(H,34,35)(H2,29,30,31)(H,23,24,26,28)/t13?,17-,18?,20-/m1/s1. The van der Waals surface area contributed by atoms with Gasteiger partial charge in [0.2, 0.25) is 5.91 Å². The van der Waals surface area contributed by atoms with E-state index in [9.17, 15) is 37.9 Å². The number of rotatable bonds is 15. The Balaban J connectivity index is 1.85. The summed E-state index contributed by atoms with van der Waals surface area (Å²) in [5.74, 6) is -0.474. The second-order valence-electron chi connectivity index (χ2n) is 9.11. The first-order valence-corrected chi connectivity index (χ1v) is 19.7. The third-order valence-corrected chi connectivity index (χ3v) is 12.3. The zero-order valence-corrected chi connectivity index (χ0v) is 28.0. The lowest BCUT2D eigenvalue weighted by molar-refractivity contribution is -0.114. The number of carbonyl (C=O) groups excluding carboxylic acids is 2. The van der Waals surface area contributed by atoms with E-state index in [1.807, 2.05) is 13.8 Å². The highest BCUT2D eigenvalue weighted by Crippen LogP contribution is 2.66. The Labute approximate surface area is 264 Å². The van der Waals surface area contributed by atoms with Crippen molar-refractivity contribution in [1.29, 1.82) is 0 Å². The molecule has 6 atom stereocenters. The van der Waals surface area contributed by atoms with Gasteiger partial charge in [0.05, 0.1) is 12.2 Å². The molecule has 18 nitrogen and oxygen atoms in total. The van der Waals surface area contributed by atoms with Crippen LogP contribution in [-0.4, -0.2) is 65.6 Å². The summed E-state index contributed by atoms with van der Waals surface area (Å²) in [7, 11) is -13.8. The Hall–Kier alpha value is -1.89. The van der Waals surface area contributed by atoms with Gasteiger partial charge in [-0.05, 0) is 24.6 Å². The van der Waals surface area contributed by atoms with E-state index >= 15 is 0 Å². The van der Waals surface area contributed by atoms with Gasteiger partial charge >= 0.3 is 35.1 Å². The summed E-state index contributed by atoms with van der Waals surface area (Å²) in [4.78, 5) is 77.9. The predicted octanol–water partition coefficient (Wildman–Crippen LogP) is 3.52. The Morgan fingerprint density at radius 1 is 1.13 bits per heavy atom. The zero-order chi connectivity index (χ0) is 33.6. The molecule has 1 aromatic heterocycles. The second kappa shape index (κ2) is 15.8. The number of carbonyl (C=O) groups is 2. The molecule has 3 rings (SSSR count). The number of esters is 1. The van der Waals surface area contributed by atoms with Crippen molar-refractivity contribution in [3.05, 3.63) is 58.1 Å². The Morgan fingerprint density at radius 3 is 2.44 bits per heavy atom. The molecule has 4 unspecified atom stereocenters. The van der Waals surface area contributed by atoms with E-state index in [0.29, 0.717) is 5.56 Å². The van der Waals surface area contributed by atoms with Gasteiger partial charge in [-0.25, -0.2) is 23.3 Å². The molecule has 250 valence electrons. The number of aromatic nitrogens is 2. The average Bonchev–Trinajstić information content (AvgIpc) is 3.30. The first kappa shape index (κ1) is 37.6. The average molecular weight is 734 g/mol. The number of nitrogens with zero attached hydrogens (tertiary/aromatic N) is 2. The van der Waals surface area contributed by atoms with E-state index < -0.39 is 66.1 Å². The largest absolute Gasteiger partial charge is 0.490 e. The maximum absolute atomic E-state index is 13.4. The number of hydrogen-bond donors (Lipinski definition) is 5. The van der Waals surface area contributed by atoms with Crippen LogP contribution in [0.4, 0.5) is 5.82 Å². The van der Waals surface area contributed by atoms with Crippen molar-refractivity contribution < 1.29 is 65.5 Å². The minimum Gasteiger partial charge on any atom is -0.456 e. The number of amides is 1. The molecule has 45 heavy (non-hydrogen) atoms. The molecule has 1 aliphatic rings. The lowest BCUT2D eigenvalue weighted by Gasteiger charge is -2.22. The molecule has 5 N–H and O–H groups in total. The van der Waals surface area contributed by atoms with Gasteiger partial charge in [0.15, 0.2) is 0 Å². The molecular formula is C22H30N3O15P3S2. The van der Waals surface area contributed by atoms with Crippen molar-refractivity contribution in [3.63, 3.8) is 0 Å². The molecular weight excluding hydrogens is 703 g/mol. The molecule has 1 fully saturated rings. The topological polar surface area (TPSA) is 259 Å². The molecule has 0 saturated carbocycles. The van der Waals surface area contributed by atoms with Crippen molar-refractivity contribution >= 4 is 62.8 Å². The number of benzene rings is 1. The number of ether oxygens (including phenoxy) is 2. The quantitative estimate of drug-likeness (QED) is 0.0996. The summed E-state index contributed by atoms with van der Waals surface area (Å²) in [5.41, 5.74) is 0.0278. The van der Waals surface area contributed by atoms with Gasteiger partial charge in [-0.1, -0.05) is 46.7 Å². The summed E-state index contributed by atoms with van der Waals surface area (Å²) in [6, 6.07) is 8.00. The molecule has 0 radical (unpaired) electrons. The van der Waals surface area contributed by atoms with Gasteiger partial charge in [0, 0.05) is 30.5 Å². The number of phosphoric ester groups is 1. The van der Waals surface area contributed by atoms with Crippen molar-refractivity contribution in [3.8, 4) is 0 Å². The van der Waals surface area contributed by atoms with Gasteiger partial charge in [0.25, 0.3) is 0 Å². The molecule has 1 saturated heterocycles. The second-order valence-corrected chi connectivity index (χ2v) is 16.5. The van der Waals surface area contributed by atoms with E-state index in [4.69, 9.17) is 23.8 Å². The van der Waals surface area contributed by atoms with Crippen LogP contribution in [0.2, 0.25) is 0 Å². The fraction of sp³-hybridized carbons (Fsp3) is 0.455. The van der Waals surface area contributed by atoms with Crippen LogP contribution >= 0.6 is 45.1 Å². The van der Waals surface area contributed by atoms with Crippen LogP contribution in [0.5, 0.6) is 0 Å². The lowest BCUT2D eigenvalue weighted by atomic mass is 10.0. The molecule has 0 bridgehead atoms. The van der Waals surface area contributed by atoms with Gasteiger partial charge in [0.1, 0.15) is 24.3 Å². The Morgan fingerprint density at radius 2 is 1.82 bits per heavy atom. The summed E-state index contributed by atoms with van der Waals surface area (Å²) in [6.45, 7) is 4.17. The van der Waals surface area contributed by atoms with Crippen molar-refractivity contribution in [2.24, 2.45) is 0 Å². The summed E-state index contributed by atoms with van der Waals surface area (Å²) < 4.78 is 59.6. The minimum absolute atomic E-state index is 0.0428. The Bertz CT molecular complexity index is 1590. The smallest absolute Gasteiger partial charge is 0.456 e. The van der Waals surface area contributed by atoms with E-state index in [2.05, 4.69) is 18.9 Å². The van der Waals surface area contributed by atoms with Crippen LogP contribution in [0, 0.1) is 0 Å². The molecule has 1 amide bonds. The third-order valence-electron chi connectivity index (χ3n) is 5.65. The van der Waals surface area contributed by atoms with Crippen LogP contribution in [0.25, 0.3) is 0 Å². The van der Waals surface area contributed by atoms with Gasteiger partial charge < -0.3 is 34.4 Å². The molecule has 0 spiro atoms. The highest BCUT2D eigenvalue weighted by atomic mass is 33.1. The number of hydrogen-bond acceptors (Lipinski definition) is 14. The normalized spacial score (nSPS) is 21.8. The van der Waals surface area contributed by atoms with E-state index in [1.54, 1.807) is 45.9 Å². The highest BCUT2D eigenvalue weighted by molar-refractivity contribution is 8.76. The van der Waals surface area contributed by atoms with Crippen molar-refractivity contribution in [2.75, 3.05) is 17.7 Å². The number of phosphoric acid groups is 3. The lowest BCUT2D eigenvalue weighted by Crippen LogP contribution is -2.31. The van der Waals surface area contributed by atoms with Crippen molar-refractivity contribution in [2.45, 2.75) is 50.9 Å². The predicted molar refractivity (Wildman–Crippen MR) is 161 cm³/mol. The third kappa shape index (κ3) is 11.7. The van der Waals surface area contributed by atoms with Crippen LogP contribution in [-0.2, 0) is 41.1 Å².